The first-order valence-electron chi connectivity index (χ1n) is 9.07. The van der Waals surface area contributed by atoms with Gasteiger partial charge in [0.2, 0.25) is 0 Å². The molecular formula is C22H23ClN2O3. The smallest absolute Gasteiger partial charge is 0.422 e. The van der Waals surface area contributed by atoms with Crippen LogP contribution in [0.2, 0.25) is 5.02 Å². The van der Waals surface area contributed by atoms with E-state index in [1.807, 2.05) is 30.3 Å². The number of ether oxygens (including phenoxy) is 1. The average Bonchev–Trinajstić information content (AvgIpc) is 2.84. The van der Waals surface area contributed by atoms with Crippen LogP contribution < -0.4 is 10.6 Å². The molecule has 2 aromatic rings. The topological polar surface area (TPSA) is 72.6 Å². The quantitative estimate of drug-likeness (QED) is 0.568. The number of carbonyl (C=O) groups excluding carboxylic acids is 2. The fourth-order valence-corrected chi connectivity index (χ4v) is 3.28. The van der Waals surface area contributed by atoms with Crippen LogP contribution in [0.3, 0.4) is 0 Å². The number of anilines is 2. The number of allylic oxidation sites excluding steroid dienone is 1. The fourth-order valence-electron chi connectivity index (χ4n) is 3.07. The van der Waals surface area contributed by atoms with Gasteiger partial charge in [-0.3, -0.25) is 4.79 Å². The molecule has 0 saturated heterocycles. The van der Waals surface area contributed by atoms with E-state index >= 15 is 0 Å². The van der Waals surface area contributed by atoms with Crippen molar-refractivity contribution in [3.05, 3.63) is 64.7 Å². The molecule has 0 fully saturated rings. The van der Waals surface area contributed by atoms with E-state index < -0.39 is 17.6 Å². The highest BCUT2D eigenvalue weighted by Crippen LogP contribution is 2.39. The van der Waals surface area contributed by atoms with Gasteiger partial charge in [0, 0.05) is 21.8 Å². The lowest BCUT2D eigenvalue weighted by Gasteiger charge is -2.23. The minimum absolute atomic E-state index is 0.402. The van der Waals surface area contributed by atoms with E-state index in [1.165, 1.54) is 0 Å². The number of imide groups is 1. The summed E-state index contributed by atoms with van der Waals surface area (Å²) in [6.45, 7) is 5.27. The zero-order chi connectivity index (χ0) is 20.5. The third kappa shape index (κ3) is 4.37. The van der Waals surface area contributed by atoms with Gasteiger partial charge >= 0.3 is 6.09 Å². The van der Waals surface area contributed by atoms with Crippen LogP contribution in [-0.2, 0) is 16.0 Å². The predicted octanol–water partition coefficient (Wildman–Crippen LogP) is 5.22. The van der Waals surface area contributed by atoms with Crippen molar-refractivity contribution in [1.82, 2.24) is 0 Å². The van der Waals surface area contributed by atoms with Crippen LogP contribution in [0.15, 0.2) is 48.5 Å². The van der Waals surface area contributed by atoms with Crippen molar-refractivity contribution in [1.29, 1.82) is 0 Å². The fraction of sp³-hybridized carbons (Fsp3) is 0.273. The first-order chi connectivity index (χ1) is 13.2. The van der Waals surface area contributed by atoms with Crippen molar-refractivity contribution < 1.29 is 14.3 Å². The molecule has 0 aliphatic carbocycles. The van der Waals surface area contributed by atoms with Crippen molar-refractivity contribution in [2.75, 3.05) is 10.6 Å². The molecule has 2 aromatic carbocycles. The van der Waals surface area contributed by atoms with Crippen LogP contribution in [0.4, 0.5) is 16.2 Å². The number of nitrogens with two attached hydrogens (primary N) is 1. The molecule has 3 rings (SSSR count). The Morgan fingerprint density at radius 2 is 1.96 bits per heavy atom. The number of carbonyl (C=O) groups is 2. The molecule has 5 nitrogen and oxygen atoms in total. The number of halogens is 1. The third-order valence-electron chi connectivity index (χ3n) is 4.23. The highest BCUT2D eigenvalue weighted by molar-refractivity contribution is 6.39. The molecule has 0 saturated carbocycles. The molecule has 6 heteroatoms. The van der Waals surface area contributed by atoms with E-state index in [-0.39, 0.29) is 0 Å². The van der Waals surface area contributed by atoms with Gasteiger partial charge in [0.25, 0.3) is 5.91 Å². The Morgan fingerprint density at radius 1 is 1.21 bits per heavy atom. The lowest BCUT2D eigenvalue weighted by Crippen LogP contribution is -2.38. The second kappa shape index (κ2) is 7.68. The Kier molecular flexibility index (Phi) is 5.47. The third-order valence-corrected chi connectivity index (χ3v) is 4.47. The van der Waals surface area contributed by atoms with E-state index in [4.69, 9.17) is 22.1 Å². The number of nitrogens with zero attached hydrogens (tertiary/aromatic N) is 1. The van der Waals surface area contributed by atoms with Crippen molar-refractivity contribution >= 4 is 40.5 Å². The summed E-state index contributed by atoms with van der Waals surface area (Å²) >= 11 is 6.02. The van der Waals surface area contributed by atoms with E-state index in [9.17, 15) is 9.59 Å². The van der Waals surface area contributed by atoms with Gasteiger partial charge in [0.1, 0.15) is 5.60 Å². The van der Waals surface area contributed by atoms with Gasteiger partial charge in [0.15, 0.2) is 0 Å². The number of aryl methyl sites for hydroxylation is 1. The zero-order valence-corrected chi connectivity index (χ0v) is 16.9. The average molecular weight is 399 g/mol. The molecule has 0 bridgehead atoms. The molecular weight excluding hydrogens is 376 g/mol. The van der Waals surface area contributed by atoms with Crippen LogP contribution in [0, 0.1) is 0 Å². The van der Waals surface area contributed by atoms with Crippen LogP contribution in [0.25, 0.3) is 5.57 Å². The summed E-state index contributed by atoms with van der Waals surface area (Å²) in [5, 5.41) is 0.680. The lowest BCUT2D eigenvalue weighted by atomic mass is 10.0. The molecule has 0 unspecified atom stereocenters. The summed E-state index contributed by atoms with van der Waals surface area (Å²) in [6.07, 6.45) is 2.51. The predicted molar refractivity (Wildman–Crippen MR) is 112 cm³/mol. The maximum atomic E-state index is 13.0. The molecule has 1 aliphatic heterocycles. The molecule has 1 aliphatic rings. The molecule has 2 N–H and O–H groups in total. The normalized spacial score (nSPS) is 15.1. The van der Waals surface area contributed by atoms with E-state index in [1.54, 1.807) is 39.0 Å². The summed E-state index contributed by atoms with van der Waals surface area (Å²) in [6, 6.07) is 12.7. The summed E-state index contributed by atoms with van der Waals surface area (Å²) in [7, 11) is 0. The summed E-state index contributed by atoms with van der Waals surface area (Å²) in [5.74, 6) is -0.402. The van der Waals surface area contributed by atoms with E-state index in [0.29, 0.717) is 34.0 Å². The number of hydrogen-bond donors (Lipinski definition) is 1. The monoisotopic (exact) mass is 398 g/mol. The zero-order valence-electron chi connectivity index (χ0n) is 16.2. The van der Waals surface area contributed by atoms with Gasteiger partial charge in [-0.25, -0.2) is 9.69 Å². The Labute approximate surface area is 169 Å². The SMILES string of the molecule is CC(C)(C)OC(=O)N1C(=O)/C(=C/CCc2cccc(Cl)c2)c2ccc(N)cc21. The number of nitrogen functional groups attached to an aromatic ring is 1. The minimum atomic E-state index is -0.711. The van der Waals surface area contributed by atoms with Gasteiger partial charge in [-0.1, -0.05) is 35.9 Å². The van der Waals surface area contributed by atoms with Crippen LogP contribution in [0.1, 0.15) is 38.3 Å². The summed E-state index contributed by atoms with van der Waals surface area (Å²) in [4.78, 5) is 26.7. The van der Waals surface area contributed by atoms with Crippen molar-refractivity contribution in [3.8, 4) is 0 Å². The molecule has 2 amide bonds. The minimum Gasteiger partial charge on any atom is -0.443 e. The van der Waals surface area contributed by atoms with Gasteiger partial charge in [-0.15, -0.1) is 0 Å². The van der Waals surface area contributed by atoms with E-state index in [0.717, 1.165) is 16.9 Å². The highest BCUT2D eigenvalue weighted by atomic mass is 35.5. The van der Waals surface area contributed by atoms with Crippen LogP contribution in [-0.4, -0.2) is 17.6 Å². The molecule has 146 valence electrons. The highest BCUT2D eigenvalue weighted by Gasteiger charge is 2.39. The summed E-state index contributed by atoms with van der Waals surface area (Å²) < 4.78 is 5.41. The van der Waals surface area contributed by atoms with Gasteiger partial charge in [-0.05, 0) is 63.4 Å². The largest absolute Gasteiger partial charge is 0.443 e. The Balaban J connectivity index is 1.88. The second-order valence-corrected chi connectivity index (χ2v) is 8.12. The molecule has 1 heterocycles. The van der Waals surface area contributed by atoms with Crippen LogP contribution >= 0.6 is 11.6 Å². The maximum absolute atomic E-state index is 13.0. The van der Waals surface area contributed by atoms with E-state index in [2.05, 4.69) is 0 Å². The van der Waals surface area contributed by atoms with Crippen molar-refractivity contribution in [2.24, 2.45) is 0 Å². The molecule has 0 spiro atoms. The number of fused-ring (bicyclic) bond motifs is 1. The first-order valence-corrected chi connectivity index (χ1v) is 9.45. The number of benzene rings is 2. The van der Waals surface area contributed by atoms with Gasteiger partial charge < -0.3 is 10.5 Å². The molecule has 0 atom stereocenters. The molecule has 0 aromatic heterocycles. The van der Waals surface area contributed by atoms with Crippen molar-refractivity contribution in [2.45, 2.75) is 39.2 Å². The lowest BCUT2D eigenvalue weighted by molar-refractivity contribution is -0.112. The van der Waals surface area contributed by atoms with Crippen LogP contribution in [0.5, 0.6) is 0 Å². The second-order valence-electron chi connectivity index (χ2n) is 7.68. The van der Waals surface area contributed by atoms with Gasteiger partial charge in [-0.2, -0.15) is 0 Å². The number of rotatable bonds is 3. The maximum Gasteiger partial charge on any atom is 0.422 e. The Morgan fingerprint density at radius 3 is 2.64 bits per heavy atom. The standard InChI is InChI=1S/C22H23ClN2O3/c1-22(2,3)28-21(27)25-19-13-16(24)10-11-17(19)18(20(25)26)9-5-7-14-6-4-8-15(23)12-14/h4,6,8-13H,5,7,24H2,1-3H3/b18-9+. The molecule has 28 heavy (non-hydrogen) atoms. The number of hydrogen-bond acceptors (Lipinski definition) is 4. The first kappa shape index (κ1) is 20.0. The Hall–Kier alpha value is -2.79. The Bertz CT molecular complexity index is 960. The van der Waals surface area contributed by atoms with Crippen molar-refractivity contribution in [3.63, 3.8) is 0 Å². The van der Waals surface area contributed by atoms with Gasteiger partial charge in [0.05, 0.1) is 5.69 Å². The molecule has 0 radical (unpaired) electrons. The number of amides is 2. The summed E-state index contributed by atoms with van der Waals surface area (Å²) in [5.41, 5.74) is 8.32.